The number of allylic oxidation sites excluding steroid dienone is 6. The van der Waals surface area contributed by atoms with Gasteiger partial charge in [0.2, 0.25) is 0 Å². The number of rotatable bonds is 6. The molecule has 0 fully saturated rings. The molecule has 2 aliphatic rings. The van der Waals surface area contributed by atoms with Gasteiger partial charge in [-0.25, -0.2) is 0 Å². The topological polar surface area (TPSA) is 16.4 Å². The number of para-hydroxylation sites is 2. The summed E-state index contributed by atoms with van der Waals surface area (Å²) in [7, 11) is 0. The minimum absolute atomic E-state index is 0.112. The Hall–Kier alpha value is -6.94. The average molecular weight is 774 g/mol. The van der Waals surface area contributed by atoms with Crippen LogP contribution in [-0.2, 0) is 0 Å². The van der Waals surface area contributed by atoms with Gasteiger partial charge >= 0.3 is 0 Å². The summed E-state index contributed by atoms with van der Waals surface area (Å²) in [6.07, 6.45) is 14.0. The largest absolute Gasteiger partial charge is 0.455 e. The van der Waals surface area contributed by atoms with Crippen LogP contribution in [0.4, 0.5) is 5.69 Å². The van der Waals surface area contributed by atoms with Gasteiger partial charge in [-0.1, -0.05) is 164 Å². The maximum atomic E-state index is 6.66. The highest BCUT2D eigenvalue weighted by Crippen LogP contribution is 2.45. The van der Waals surface area contributed by atoms with E-state index in [-0.39, 0.29) is 12.0 Å². The second-order valence-electron chi connectivity index (χ2n) is 15.9. The molecule has 8 aromatic carbocycles. The molecule has 2 unspecified atom stereocenters. The molecule has 10 aromatic rings. The Bertz CT molecular complexity index is 3410. The first-order valence-electron chi connectivity index (χ1n) is 20.6. The van der Waals surface area contributed by atoms with Gasteiger partial charge in [0, 0.05) is 53.8 Å². The molecule has 0 amide bonds. The van der Waals surface area contributed by atoms with Crippen LogP contribution in [0.5, 0.6) is 0 Å². The second kappa shape index (κ2) is 13.9. The number of hydrogen-bond donors (Lipinski definition) is 0. The number of thiophene rings is 1. The van der Waals surface area contributed by atoms with Crippen LogP contribution in [0.3, 0.4) is 0 Å². The summed E-state index contributed by atoms with van der Waals surface area (Å²) in [5.74, 6) is 0.184. The fraction of sp³-hybridized carbons (Fsp3) is 0.0714. The van der Waals surface area contributed by atoms with E-state index in [1.165, 1.54) is 75.4 Å². The summed E-state index contributed by atoms with van der Waals surface area (Å²) < 4.78 is 9.30. The van der Waals surface area contributed by atoms with Gasteiger partial charge in [0.25, 0.3) is 0 Å². The quantitative estimate of drug-likeness (QED) is 0.157. The van der Waals surface area contributed by atoms with Crippen LogP contribution in [0.25, 0.3) is 74.8 Å². The van der Waals surface area contributed by atoms with Crippen molar-refractivity contribution in [3.63, 3.8) is 0 Å². The lowest BCUT2D eigenvalue weighted by atomic mass is 9.84. The molecular formula is C56H39NOS. The summed E-state index contributed by atoms with van der Waals surface area (Å²) in [6.45, 7) is 0. The van der Waals surface area contributed by atoms with Gasteiger partial charge in [-0.3, -0.25) is 0 Å². The van der Waals surface area contributed by atoms with E-state index in [1.54, 1.807) is 0 Å². The third-order valence-corrected chi connectivity index (χ3v) is 13.6. The standard InChI is InChI=1S/C56H39NOS/c1-2-13-36(14-3-1)39-31-40(45-21-12-22-51-48-19-8-10-23-53(48)58-56(45)51)33-43(32-39)57(42-29-30-50-49-20-9-11-24-54(49)59-55(50)35-42)41-27-25-37(26-28-41)52-34-38-15-4-5-16-44(38)46-17-6-7-18-47(46)52/h1-27,29-31,33-35,39,41H,28,32H2. The Morgan fingerprint density at radius 1 is 0.542 bits per heavy atom. The van der Waals surface area contributed by atoms with E-state index in [4.69, 9.17) is 4.42 Å². The Balaban J connectivity index is 1.02. The fourth-order valence-electron chi connectivity index (χ4n) is 9.74. The highest BCUT2D eigenvalue weighted by molar-refractivity contribution is 7.25. The SMILES string of the molecule is C1=CC(N(C2=CC(c3cccc4c3oc3ccccc34)=CC(c3ccccc3)C2)c2ccc3c(c2)sc2ccccc23)CC=C1c1cc2ccccc2c2ccccc12. The molecule has 0 radical (unpaired) electrons. The van der Waals surface area contributed by atoms with Gasteiger partial charge in [0.05, 0.1) is 6.04 Å². The first-order valence-corrected chi connectivity index (χ1v) is 21.4. The van der Waals surface area contributed by atoms with Crippen molar-refractivity contribution in [2.24, 2.45) is 0 Å². The van der Waals surface area contributed by atoms with Crippen molar-refractivity contribution in [3.8, 4) is 0 Å². The maximum absolute atomic E-state index is 6.66. The average Bonchev–Trinajstić information content (AvgIpc) is 3.88. The highest BCUT2D eigenvalue weighted by Gasteiger charge is 2.29. The summed E-state index contributed by atoms with van der Waals surface area (Å²) in [5.41, 5.74) is 10.6. The zero-order valence-electron chi connectivity index (χ0n) is 32.4. The Labute approximate surface area is 346 Å². The maximum Gasteiger partial charge on any atom is 0.143 e. The molecule has 12 rings (SSSR count). The van der Waals surface area contributed by atoms with Gasteiger partial charge in [-0.05, 0) is 93.1 Å². The highest BCUT2D eigenvalue weighted by atomic mass is 32.1. The van der Waals surface area contributed by atoms with E-state index >= 15 is 0 Å². The van der Waals surface area contributed by atoms with Gasteiger partial charge in [-0.2, -0.15) is 0 Å². The number of anilines is 1. The molecule has 2 aromatic heterocycles. The van der Waals surface area contributed by atoms with Crippen molar-refractivity contribution in [1.82, 2.24) is 0 Å². The third-order valence-electron chi connectivity index (χ3n) is 12.5. The molecule has 0 aliphatic heterocycles. The van der Waals surface area contributed by atoms with Crippen LogP contribution in [0.2, 0.25) is 0 Å². The van der Waals surface area contributed by atoms with E-state index < -0.39 is 0 Å². The minimum atomic E-state index is 0.112. The van der Waals surface area contributed by atoms with Crippen molar-refractivity contribution < 1.29 is 4.42 Å². The smallest absolute Gasteiger partial charge is 0.143 e. The molecule has 2 aliphatic carbocycles. The lowest BCUT2D eigenvalue weighted by Gasteiger charge is -2.38. The van der Waals surface area contributed by atoms with Crippen LogP contribution in [0, 0.1) is 0 Å². The number of furan rings is 1. The summed E-state index contributed by atoms with van der Waals surface area (Å²) in [5, 5.41) is 10.1. The van der Waals surface area contributed by atoms with Gasteiger partial charge in [0.15, 0.2) is 0 Å². The van der Waals surface area contributed by atoms with E-state index in [0.717, 1.165) is 40.3 Å². The van der Waals surface area contributed by atoms with E-state index in [2.05, 4.69) is 205 Å². The zero-order chi connectivity index (χ0) is 38.9. The molecule has 0 bridgehead atoms. The molecular weight excluding hydrogens is 735 g/mol. The summed E-state index contributed by atoms with van der Waals surface area (Å²) >= 11 is 1.88. The van der Waals surface area contributed by atoms with E-state index in [9.17, 15) is 0 Å². The normalized spacial score (nSPS) is 16.9. The molecule has 0 saturated heterocycles. The number of fused-ring (bicyclic) bond motifs is 9. The first kappa shape index (κ1) is 34.1. The molecule has 2 nitrogen and oxygen atoms in total. The molecule has 2 atom stereocenters. The van der Waals surface area contributed by atoms with Crippen molar-refractivity contribution >= 4 is 91.8 Å². The summed E-state index contributed by atoms with van der Waals surface area (Å²) in [6, 6.07) is 62.0. The molecule has 0 N–H and O–H groups in total. The van der Waals surface area contributed by atoms with Crippen LogP contribution >= 0.6 is 11.3 Å². The van der Waals surface area contributed by atoms with Crippen LogP contribution < -0.4 is 4.90 Å². The molecule has 280 valence electrons. The van der Waals surface area contributed by atoms with E-state index in [0.29, 0.717) is 0 Å². The van der Waals surface area contributed by atoms with Crippen LogP contribution in [0.1, 0.15) is 35.4 Å². The molecule has 2 heterocycles. The summed E-state index contributed by atoms with van der Waals surface area (Å²) in [4.78, 5) is 2.63. The Kier molecular flexibility index (Phi) is 8.02. The predicted molar refractivity (Wildman–Crippen MR) is 252 cm³/mol. The number of nitrogens with zero attached hydrogens (tertiary/aromatic N) is 1. The van der Waals surface area contributed by atoms with Gasteiger partial charge in [0.1, 0.15) is 11.2 Å². The Morgan fingerprint density at radius 2 is 1.27 bits per heavy atom. The van der Waals surface area contributed by atoms with Crippen molar-refractivity contribution in [3.05, 3.63) is 223 Å². The fourth-order valence-corrected chi connectivity index (χ4v) is 10.9. The number of benzene rings is 8. The van der Waals surface area contributed by atoms with Crippen LogP contribution in [0.15, 0.2) is 210 Å². The Morgan fingerprint density at radius 3 is 2.14 bits per heavy atom. The number of hydrogen-bond acceptors (Lipinski definition) is 3. The lowest BCUT2D eigenvalue weighted by Crippen LogP contribution is -2.35. The third kappa shape index (κ3) is 5.76. The predicted octanol–water partition coefficient (Wildman–Crippen LogP) is 15.6. The molecule has 0 spiro atoms. The van der Waals surface area contributed by atoms with Crippen LogP contribution in [-0.4, -0.2) is 6.04 Å². The molecule has 3 heteroatoms. The lowest BCUT2D eigenvalue weighted by molar-refractivity contribution is 0.667. The first-order chi connectivity index (χ1) is 29.2. The zero-order valence-corrected chi connectivity index (χ0v) is 33.2. The molecule has 59 heavy (non-hydrogen) atoms. The molecule has 0 saturated carbocycles. The van der Waals surface area contributed by atoms with Crippen molar-refractivity contribution in [2.45, 2.75) is 24.8 Å². The van der Waals surface area contributed by atoms with Crippen molar-refractivity contribution in [1.29, 1.82) is 0 Å². The van der Waals surface area contributed by atoms with Crippen molar-refractivity contribution in [2.75, 3.05) is 4.90 Å². The second-order valence-corrected chi connectivity index (χ2v) is 17.0. The minimum Gasteiger partial charge on any atom is -0.455 e. The van der Waals surface area contributed by atoms with Gasteiger partial charge in [-0.15, -0.1) is 11.3 Å². The van der Waals surface area contributed by atoms with Gasteiger partial charge < -0.3 is 9.32 Å². The van der Waals surface area contributed by atoms with E-state index in [1.807, 2.05) is 11.3 Å². The monoisotopic (exact) mass is 773 g/mol.